The number of carbonyl (C=O) groups excluding carboxylic acids is 3. The van der Waals surface area contributed by atoms with Crippen molar-refractivity contribution in [3.63, 3.8) is 0 Å². The highest BCUT2D eigenvalue weighted by molar-refractivity contribution is 6.02. The summed E-state index contributed by atoms with van der Waals surface area (Å²) in [6, 6.07) is 0. The predicted molar refractivity (Wildman–Crippen MR) is 77.6 cm³/mol. The predicted octanol–water partition coefficient (Wildman–Crippen LogP) is 2.80. The maximum atomic E-state index is 12.5. The van der Waals surface area contributed by atoms with Crippen LogP contribution in [-0.4, -0.2) is 28.9 Å². The summed E-state index contributed by atoms with van der Waals surface area (Å²) in [7, 11) is 0. The van der Waals surface area contributed by atoms with E-state index in [9.17, 15) is 14.4 Å². The smallest absolute Gasteiger partial charge is 0.324 e. The van der Waals surface area contributed by atoms with E-state index in [1.54, 1.807) is 41.5 Å². The third-order valence-electron chi connectivity index (χ3n) is 3.24. The number of carbonyl (C=O) groups is 3. The fraction of sp³-hybridized carbons (Fsp3) is 0.812. The van der Waals surface area contributed by atoms with Crippen molar-refractivity contribution in [2.24, 2.45) is 5.41 Å². The summed E-state index contributed by atoms with van der Waals surface area (Å²) in [5.74, 6) is -1.11. The van der Waals surface area contributed by atoms with Crippen LogP contribution < -0.4 is 0 Å². The highest BCUT2D eigenvalue weighted by Crippen LogP contribution is 2.39. The molecule has 0 aliphatic heterocycles. The Kier molecular flexibility index (Phi) is 4.86. The first kappa shape index (κ1) is 17.7. The Bertz CT molecular complexity index is 397. The van der Waals surface area contributed by atoms with E-state index in [1.165, 1.54) is 0 Å². The summed E-state index contributed by atoms with van der Waals surface area (Å²) in [5.41, 5.74) is -2.73. The number of Topliss-reactive ketones (excluding diaryl/α,β-unsaturated/α-hetero) is 1. The molecule has 1 aliphatic carbocycles. The molecule has 0 bridgehead atoms. The lowest BCUT2D eigenvalue weighted by Gasteiger charge is -2.36. The van der Waals surface area contributed by atoms with E-state index >= 15 is 0 Å². The SMILES string of the molecule is CC(C)(C)OC(=O)C1(C(=O)OC(C)(C)C)CCC(=O)CC1. The zero-order valence-corrected chi connectivity index (χ0v) is 13.9. The van der Waals surface area contributed by atoms with E-state index < -0.39 is 28.6 Å². The second-order valence-corrected chi connectivity index (χ2v) is 7.62. The summed E-state index contributed by atoms with van der Waals surface area (Å²) < 4.78 is 10.8. The van der Waals surface area contributed by atoms with E-state index in [2.05, 4.69) is 0 Å². The average molecular weight is 298 g/mol. The van der Waals surface area contributed by atoms with E-state index in [1.807, 2.05) is 0 Å². The van der Waals surface area contributed by atoms with Gasteiger partial charge in [0.15, 0.2) is 5.41 Å². The van der Waals surface area contributed by atoms with Gasteiger partial charge in [-0.05, 0) is 54.4 Å². The Morgan fingerprint density at radius 1 is 0.857 bits per heavy atom. The molecule has 5 nitrogen and oxygen atoms in total. The molecule has 0 N–H and O–H groups in total. The van der Waals surface area contributed by atoms with E-state index in [4.69, 9.17) is 9.47 Å². The second kappa shape index (κ2) is 5.78. The zero-order chi connectivity index (χ0) is 16.5. The maximum absolute atomic E-state index is 12.5. The van der Waals surface area contributed by atoms with Gasteiger partial charge in [0.1, 0.15) is 17.0 Å². The Hall–Kier alpha value is -1.39. The van der Waals surface area contributed by atoms with E-state index in [-0.39, 0.29) is 31.5 Å². The third-order valence-corrected chi connectivity index (χ3v) is 3.24. The summed E-state index contributed by atoms with van der Waals surface area (Å²) in [4.78, 5) is 36.5. The molecule has 0 atom stereocenters. The van der Waals surface area contributed by atoms with Crippen molar-refractivity contribution >= 4 is 17.7 Å². The van der Waals surface area contributed by atoms with Crippen LogP contribution in [0.5, 0.6) is 0 Å². The first-order valence-corrected chi connectivity index (χ1v) is 7.34. The number of hydrogen-bond donors (Lipinski definition) is 0. The summed E-state index contributed by atoms with van der Waals surface area (Å²) in [5, 5.41) is 0. The molecule has 1 aliphatic rings. The Morgan fingerprint density at radius 2 is 1.19 bits per heavy atom. The van der Waals surface area contributed by atoms with Gasteiger partial charge in [-0.3, -0.25) is 14.4 Å². The van der Waals surface area contributed by atoms with Crippen LogP contribution in [0.25, 0.3) is 0 Å². The van der Waals surface area contributed by atoms with Crippen molar-refractivity contribution in [3.8, 4) is 0 Å². The molecule has 0 aromatic heterocycles. The summed E-state index contributed by atoms with van der Waals surface area (Å²) >= 11 is 0. The zero-order valence-electron chi connectivity index (χ0n) is 13.9. The van der Waals surface area contributed by atoms with Gasteiger partial charge in [-0.15, -0.1) is 0 Å². The largest absolute Gasteiger partial charge is 0.459 e. The number of esters is 2. The molecule has 120 valence electrons. The van der Waals surface area contributed by atoms with Crippen LogP contribution in [0.3, 0.4) is 0 Å². The van der Waals surface area contributed by atoms with Gasteiger partial charge in [0.05, 0.1) is 0 Å². The van der Waals surface area contributed by atoms with Crippen LogP contribution in [0.2, 0.25) is 0 Å². The highest BCUT2D eigenvalue weighted by Gasteiger charge is 2.52. The Balaban J connectivity index is 3.03. The summed E-state index contributed by atoms with van der Waals surface area (Å²) in [6.45, 7) is 10.5. The average Bonchev–Trinajstić information content (AvgIpc) is 2.25. The second-order valence-electron chi connectivity index (χ2n) is 7.62. The van der Waals surface area contributed by atoms with Gasteiger partial charge in [0.25, 0.3) is 0 Å². The monoisotopic (exact) mass is 298 g/mol. The lowest BCUT2D eigenvalue weighted by atomic mass is 9.73. The standard InChI is InChI=1S/C16H26O5/c1-14(2,3)20-12(18)16(9-7-11(17)8-10-16)13(19)21-15(4,5)6/h7-10H2,1-6H3. The van der Waals surface area contributed by atoms with Crippen LogP contribution in [0.1, 0.15) is 67.2 Å². The van der Waals surface area contributed by atoms with Crippen molar-refractivity contribution in [2.75, 3.05) is 0 Å². The number of ether oxygens (including phenoxy) is 2. The Morgan fingerprint density at radius 3 is 1.48 bits per heavy atom. The normalized spacial score (nSPS) is 19.0. The molecule has 0 unspecified atom stereocenters. The van der Waals surface area contributed by atoms with Crippen LogP contribution in [0.4, 0.5) is 0 Å². The minimum atomic E-state index is -1.35. The molecule has 21 heavy (non-hydrogen) atoms. The van der Waals surface area contributed by atoms with Crippen molar-refractivity contribution in [2.45, 2.75) is 78.4 Å². The van der Waals surface area contributed by atoms with E-state index in [0.717, 1.165) is 0 Å². The Labute approximate surface area is 126 Å². The maximum Gasteiger partial charge on any atom is 0.324 e. The van der Waals surface area contributed by atoms with Crippen molar-refractivity contribution in [3.05, 3.63) is 0 Å². The van der Waals surface area contributed by atoms with Crippen LogP contribution in [-0.2, 0) is 23.9 Å². The van der Waals surface area contributed by atoms with Gasteiger partial charge < -0.3 is 9.47 Å². The number of ketones is 1. The molecule has 0 aromatic rings. The topological polar surface area (TPSA) is 69.7 Å². The van der Waals surface area contributed by atoms with Gasteiger partial charge in [0, 0.05) is 12.8 Å². The van der Waals surface area contributed by atoms with Gasteiger partial charge in [-0.25, -0.2) is 0 Å². The molecule has 0 heterocycles. The third kappa shape index (κ3) is 4.83. The van der Waals surface area contributed by atoms with E-state index in [0.29, 0.717) is 0 Å². The van der Waals surface area contributed by atoms with Crippen LogP contribution >= 0.6 is 0 Å². The first-order chi connectivity index (χ1) is 9.36. The molecular formula is C16H26O5. The molecule has 0 saturated heterocycles. The van der Waals surface area contributed by atoms with Gasteiger partial charge in [0.2, 0.25) is 0 Å². The molecule has 1 rings (SSSR count). The highest BCUT2D eigenvalue weighted by atomic mass is 16.6. The molecule has 1 saturated carbocycles. The quantitative estimate of drug-likeness (QED) is 0.579. The minimum absolute atomic E-state index is 0.0674. The van der Waals surface area contributed by atoms with Gasteiger partial charge in [-0.1, -0.05) is 0 Å². The summed E-state index contributed by atoms with van der Waals surface area (Å²) in [6.07, 6.45) is 0.738. The van der Waals surface area contributed by atoms with Crippen LogP contribution in [0.15, 0.2) is 0 Å². The van der Waals surface area contributed by atoms with Gasteiger partial charge in [-0.2, -0.15) is 0 Å². The lowest BCUT2D eigenvalue weighted by Crippen LogP contribution is -2.48. The molecule has 0 aromatic carbocycles. The first-order valence-electron chi connectivity index (χ1n) is 7.34. The molecule has 0 radical (unpaired) electrons. The molecule has 0 spiro atoms. The van der Waals surface area contributed by atoms with Gasteiger partial charge >= 0.3 is 11.9 Å². The lowest BCUT2D eigenvalue weighted by molar-refractivity contribution is -0.187. The van der Waals surface area contributed by atoms with Crippen molar-refractivity contribution < 1.29 is 23.9 Å². The molecule has 0 amide bonds. The fourth-order valence-electron chi connectivity index (χ4n) is 2.20. The number of hydrogen-bond acceptors (Lipinski definition) is 5. The molecule has 5 heteroatoms. The molecule has 1 fully saturated rings. The van der Waals surface area contributed by atoms with Crippen molar-refractivity contribution in [1.29, 1.82) is 0 Å². The van der Waals surface area contributed by atoms with Crippen molar-refractivity contribution in [1.82, 2.24) is 0 Å². The fourth-order valence-corrected chi connectivity index (χ4v) is 2.20. The van der Waals surface area contributed by atoms with Crippen LogP contribution in [0, 0.1) is 5.41 Å². The molecular weight excluding hydrogens is 272 g/mol. The number of rotatable bonds is 2. The minimum Gasteiger partial charge on any atom is -0.459 e.